The average Bonchev–Trinajstić information content (AvgIpc) is 3.92. The van der Waals surface area contributed by atoms with Crippen molar-refractivity contribution in [1.29, 1.82) is 0 Å². The molecule has 2 aliphatic rings. The molecule has 10 rings (SSSR count). The van der Waals surface area contributed by atoms with Crippen LogP contribution < -0.4 is 4.16 Å². The fourth-order valence-electron chi connectivity index (χ4n) is 6.57. The molecule has 0 atom stereocenters. The Morgan fingerprint density at radius 1 is 0.413 bits per heavy atom. The second kappa shape index (κ2) is 9.82. The van der Waals surface area contributed by atoms with Crippen LogP contribution in [0.5, 0.6) is 0 Å². The summed E-state index contributed by atoms with van der Waals surface area (Å²) in [6.07, 6.45) is 4.30. The molecule has 0 fully saturated rings. The van der Waals surface area contributed by atoms with Gasteiger partial charge in [0, 0.05) is 0 Å². The van der Waals surface area contributed by atoms with Crippen LogP contribution in [0.25, 0.3) is 89.7 Å². The van der Waals surface area contributed by atoms with E-state index in [1.165, 1.54) is 4.16 Å². The first kappa shape index (κ1) is 25.5. The SMILES string of the molecule is c1ccc2c(c1)-c1nc-2nc2[nH]c(nc3nc(nc4[nH]c(n1)c1ccccc41)-c1ccccc1-3)c1[c]([Zn][n]3cccc3)cccc21. The van der Waals surface area contributed by atoms with Crippen molar-refractivity contribution in [3.8, 4) is 45.6 Å². The maximum absolute atomic E-state index is 5.23. The van der Waals surface area contributed by atoms with Gasteiger partial charge in [-0.25, -0.2) is 0 Å². The van der Waals surface area contributed by atoms with E-state index in [2.05, 4.69) is 68.1 Å². The van der Waals surface area contributed by atoms with Crippen LogP contribution in [0.1, 0.15) is 0 Å². The van der Waals surface area contributed by atoms with Crippen LogP contribution in [-0.2, 0) is 17.4 Å². The van der Waals surface area contributed by atoms with E-state index >= 15 is 0 Å². The molecule has 10 heteroatoms. The molecule has 0 saturated carbocycles. The van der Waals surface area contributed by atoms with Crippen LogP contribution in [-0.4, -0.2) is 43.2 Å². The number of aromatic nitrogens is 9. The molecule has 46 heavy (non-hydrogen) atoms. The number of rotatable bonds is 2. The first-order chi connectivity index (χ1) is 22.8. The zero-order chi connectivity index (χ0) is 30.2. The molecule has 0 amide bonds. The molecule has 4 aromatic heterocycles. The molecule has 0 aliphatic carbocycles. The molecule has 0 saturated heterocycles. The van der Waals surface area contributed by atoms with E-state index in [1.807, 2.05) is 60.7 Å². The van der Waals surface area contributed by atoms with Gasteiger partial charge in [0.2, 0.25) is 0 Å². The van der Waals surface area contributed by atoms with Crippen molar-refractivity contribution in [2.45, 2.75) is 0 Å². The maximum atomic E-state index is 5.23. The molecule has 0 unspecified atom stereocenters. The zero-order valence-electron chi connectivity index (χ0n) is 24.3. The summed E-state index contributed by atoms with van der Waals surface area (Å²) in [4.78, 5) is 37.6. The summed E-state index contributed by atoms with van der Waals surface area (Å²) in [5.41, 5.74) is 6.55. The molecular formula is C36H21N9Zn. The third-order valence-corrected chi connectivity index (χ3v) is 12.3. The summed E-state index contributed by atoms with van der Waals surface area (Å²) >= 11 is -1.42. The number of nitrogens with zero attached hydrogens (tertiary/aromatic N) is 7. The number of nitrogens with one attached hydrogen (secondary N) is 2. The predicted octanol–water partition coefficient (Wildman–Crippen LogP) is 6.84. The molecule has 8 bridgehead atoms. The minimum atomic E-state index is -1.42. The van der Waals surface area contributed by atoms with Gasteiger partial charge in [-0.2, -0.15) is 0 Å². The molecular weight excluding hydrogens is 624 g/mol. The Balaban J connectivity index is 1.39. The molecule has 212 valence electrons. The van der Waals surface area contributed by atoms with Crippen LogP contribution in [0.15, 0.2) is 116 Å². The summed E-state index contributed by atoms with van der Waals surface area (Å²) in [5, 5.41) is 3.99. The van der Waals surface area contributed by atoms with Crippen LogP contribution in [0.3, 0.4) is 0 Å². The molecule has 4 aromatic carbocycles. The fraction of sp³-hybridized carbons (Fsp3) is 0. The molecule has 0 radical (unpaired) electrons. The van der Waals surface area contributed by atoms with Gasteiger partial charge >= 0.3 is 264 Å². The monoisotopic (exact) mass is 643 g/mol. The fourth-order valence-corrected chi connectivity index (χ4v) is 9.93. The molecule has 8 aromatic rings. The van der Waals surface area contributed by atoms with Crippen LogP contribution in [0, 0.1) is 0 Å². The van der Waals surface area contributed by atoms with Gasteiger partial charge in [-0.3, -0.25) is 0 Å². The van der Waals surface area contributed by atoms with E-state index in [0.29, 0.717) is 40.2 Å². The van der Waals surface area contributed by atoms with Crippen LogP contribution >= 0.6 is 0 Å². The Kier molecular flexibility index (Phi) is 5.44. The number of fused-ring (bicyclic) bond motifs is 20. The Bertz CT molecular complexity index is 2680. The summed E-state index contributed by atoms with van der Waals surface area (Å²) in [6, 6.07) is 35.0. The third-order valence-electron chi connectivity index (χ3n) is 8.68. The molecule has 2 N–H and O–H groups in total. The van der Waals surface area contributed by atoms with Crippen LogP contribution in [0.4, 0.5) is 0 Å². The van der Waals surface area contributed by atoms with E-state index < -0.39 is 17.4 Å². The minimum absolute atomic E-state index is 0.600. The van der Waals surface area contributed by atoms with E-state index in [-0.39, 0.29) is 0 Å². The summed E-state index contributed by atoms with van der Waals surface area (Å²) in [7, 11) is 0. The Hall–Kier alpha value is -5.86. The van der Waals surface area contributed by atoms with Crippen molar-refractivity contribution in [3.63, 3.8) is 0 Å². The van der Waals surface area contributed by atoms with Crippen molar-refractivity contribution < 1.29 is 17.4 Å². The van der Waals surface area contributed by atoms with Gasteiger partial charge in [0.25, 0.3) is 0 Å². The number of hydrogen-bond acceptors (Lipinski definition) is 6. The number of hydrogen-bond donors (Lipinski definition) is 2. The van der Waals surface area contributed by atoms with Gasteiger partial charge in [0.15, 0.2) is 0 Å². The van der Waals surface area contributed by atoms with E-state index in [9.17, 15) is 0 Å². The topological polar surface area (TPSA) is 114 Å². The average molecular weight is 645 g/mol. The van der Waals surface area contributed by atoms with Crippen LogP contribution in [0.2, 0.25) is 0 Å². The Labute approximate surface area is 269 Å². The summed E-state index contributed by atoms with van der Waals surface area (Å²) in [6.45, 7) is 0. The second-order valence-electron chi connectivity index (χ2n) is 11.4. The van der Waals surface area contributed by atoms with Gasteiger partial charge < -0.3 is 0 Å². The number of aromatic amines is 2. The quantitative estimate of drug-likeness (QED) is 0.199. The third kappa shape index (κ3) is 3.90. The Morgan fingerprint density at radius 2 is 0.848 bits per heavy atom. The normalized spacial score (nSPS) is 11.8. The van der Waals surface area contributed by atoms with Crippen molar-refractivity contribution in [1.82, 2.24) is 43.2 Å². The van der Waals surface area contributed by atoms with Crippen molar-refractivity contribution in [2.24, 2.45) is 0 Å². The van der Waals surface area contributed by atoms with Gasteiger partial charge in [0.1, 0.15) is 0 Å². The first-order valence-corrected chi connectivity index (χ1v) is 17.9. The molecule has 9 nitrogen and oxygen atoms in total. The second-order valence-corrected chi connectivity index (χ2v) is 15.2. The summed E-state index contributed by atoms with van der Waals surface area (Å²) < 4.78 is 3.64. The standard InChI is InChI=1S/C32H17N8.C4H4N.Zn/c1-2-10-18-17(9-1)25-33-26(18)38-28-21-13-5-6-14-22(21)30(35-28)40-32-24-16-8-7-15-23(24)31(36-32)39-29-20-12-4-3-11-19(20)27(34-29)37-25;1-2-4-5-3-1;/h1-15H,(H2,33,34,35,36,37,38,39,40);1-4H;/q;-1;+1. The molecule has 6 heterocycles. The molecule has 0 spiro atoms. The first-order valence-electron chi connectivity index (χ1n) is 15.1. The van der Waals surface area contributed by atoms with E-state index in [4.69, 9.17) is 29.9 Å². The Morgan fingerprint density at radius 3 is 1.39 bits per heavy atom. The van der Waals surface area contributed by atoms with Crippen molar-refractivity contribution in [3.05, 3.63) is 116 Å². The van der Waals surface area contributed by atoms with Gasteiger partial charge in [-0.05, 0) is 0 Å². The van der Waals surface area contributed by atoms with Gasteiger partial charge in [-0.15, -0.1) is 0 Å². The van der Waals surface area contributed by atoms with Crippen molar-refractivity contribution in [2.75, 3.05) is 0 Å². The van der Waals surface area contributed by atoms with Gasteiger partial charge in [0.05, 0.1) is 0 Å². The zero-order valence-corrected chi connectivity index (χ0v) is 27.3. The number of benzene rings is 4. The number of H-pyrrole nitrogens is 2. The van der Waals surface area contributed by atoms with Crippen molar-refractivity contribution >= 4 is 48.3 Å². The van der Waals surface area contributed by atoms with E-state index in [1.54, 1.807) is 0 Å². The predicted molar refractivity (Wildman–Crippen MR) is 176 cm³/mol. The van der Waals surface area contributed by atoms with Gasteiger partial charge in [-0.1, -0.05) is 6.07 Å². The van der Waals surface area contributed by atoms with E-state index in [0.717, 1.165) is 49.4 Å². The summed E-state index contributed by atoms with van der Waals surface area (Å²) in [5.74, 6) is 2.42. The molecule has 2 aliphatic heterocycles.